The second-order valence-corrected chi connectivity index (χ2v) is 4.46. The molecule has 0 saturated heterocycles. The van der Waals surface area contributed by atoms with Gasteiger partial charge in [0, 0.05) is 30.2 Å². The fourth-order valence-corrected chi connectivity index (χ4v) is 1.90. The van der Waals surface area contributed by atoms with Crippen molar-refractivity contribution in [3.63, 3.8) is 0 Å². The van der Waals surface area contributed by atoms with E-state index < -0.39 is 5.97 Å². The summed E-state index contributed by atoms with van der Waals surface area (Å²) < 4.78 is 9.70. The first-order chi connectivity index (χ1) is 8.29. The van der Waals surface area contributed by atoms with Gasteiger partial charge in [0.2, 0.25) is 5.76 Å². The van der Waals surface area contributed by atoms with Gasteiger partial charge in [0.1, 0.15) is 0 Å². The minimum absolute atomic E-state index is 0.277. The SMILES string of the molecule is C=CCSCCNCc1ccoc1C(=O)OC. The Morgan fingerprint density at radius 1 is 1.71 bits per heavy atom. The lowest BCUT2D eigenvalue weighted by molar-refractivity contribution is 0.0563. The average Bonchev–Trinajstić information content (AvgIpc) is 2.81. The van der Waals surface area contributed by atoms with Gasteiger partial charge in [0.15, 0.2) is 0 Å². The first-order valence-corrected chi connectivity index (χ1v) is 6.49. The zero-order valence-corrected chi connectivity index (χ0v) is 10.7. The zero-order chi connectivity index (χ0) is 12.5. The Balaban J connectivity index is 2.29. The van der Waals surface area contributed by atoms with Crippen LogP contribution in [-0.2, 0) is 11.3 Å². The first-order valence-electron chi connectivity index (χ1n) is 5.33. The Hall–Kier alpha value is -1.20. The molecular weight excluding hydrogens is 238 g/mol. The molecule has 0 spiro atoms. The molecule has 1 rings (SSSR count). The number of esters is 1. The summed E-state index contributed by atoms with van der Waals surface area (Å²) in [6, 6.07) is 1.77. The van der Waals surface area contributed by atoms with Crippen molar-refractivity contribution >= 4 is 17.7 Å². The lowest BCUT2D eigenvalue weighted by Crippen LogP contribution is -2.18. The maximum Gasteiger partial charge on any atom is 0.374 e. The molecule has 0 aliphatic heterocycles. The van der Waals surface area contributed by atoms with Crippen LogP contribution in [0.4, 0.5) is 0 Å². The molecule has 4 nitrogen and oxygen atoms in total. The second kappa shape index (κ2) is 7.97. The summed E-state index contributed by atoms with van der Waals surface area (Å²) in [5.41, 5.74) is 0.825. The van der Waals surface area contributed by atoms with Crippen LogP contribution in [0.1, 0.15) is 16.1 Å². The highest BCUT2D eigenvalue weighted by molar-refractivity contribution is 7.99. The van der Waals surface area contributed by atoms with Crippen LogP contribution in [0.15, 0.2) is 29.4 Å². The smallest absolute Gasteiger partial charge is 0.374 e. The fraction of sp³-hybridized carbons (Fsp3) is 0.417. The molecule has 0 aliphatic carbocycles. The largest absolute Gasteiger partial charge is 0.463 e. The van der Waals surface area contributed by atoms with Gasteiger partial charge in [0.05, 0.1) is 13.4 Å². The van der Waals surface area contributed by atoms with Gasteiger partial charge in [-0.2, -0.15) is 11.8 Å². The normalized spacial score (nSPS) is 10.2. The van der Waals surface area contributed by atoms with E-state index in [1.54, 1.807) is 6.07 Å². The minimum atomic E-state index is -0.437. The van der Waals surface area contributed by atoms with Crippen molar-refractivity contribution in [1.82, 2.24) is 5.32 Å². The van der Waals surface area contributed by atoms with Crippen LogP contribution in [0.25, 0.3) is 0 Å². The third-order valence-electron chi connectivity index (χ3n) is 2.09. The summed E-state index contributed by atoms with van der Waals surface area (Å²) in [5, 5.41) is 3.24. The third kappa shape index (κ3) is 4.66. The van der Waals surface area contributed by atoms with E-state index in [1.807, 2.05) is 17.8 Å². The molecule has 94 valence electrons. The van der Waals surface area contributed by atoms with E-state index in [-0.39, 0.29) is 5.76 Å². The minimum Gasteiger partial charge on any atom is -0.463 e. The highest BCUT2D eigenvalue weighted by Crippen LogP contribution is 2.11. The van der Waals surface area contributed by atoms with Gasteiger partial charge >= 0.3 is 5.97 Å². The molecule has 0 amide bonds. The van der Waals surface area contributed by atoms with E-state index in [9.17, 15) is 4.79 Å². The molecule has 1 aromatic rings. The molecule has 1 aromatic heterocycles. The van der Waals surface area contributed by atoms with Crippen molar-refractivity contribution in [3.8, 4) is 0 Å². The summed E-state index contributed by atoms with van der Waals surface area (Å²) in [6.07, 6.45) is 3.38. The zero-order valence-electron chi connectivity index (χ0n) is 9.90. The standard InChI is InChI=1S/C12H17NO3S/c1-3-7-17-8-5-13-9-10-4-6-16-11(10)12(14)15-2/h3-4,6,13H,1,5,7-9H2,2H3. The Morgan fingerprint density at radius 3 is 3.24 bits per heavy atom. The molecule has 0 bridgehead atoms. The van der Waals surface area contributed by atoms with Crippen LogP contribution in [0.5, 0.6) is 0 Å². The van der Waals surface area contributed by atoms with Crippen molar-refractivity contribution in [2.75, 3.05) is 25.2 Å². The van der Waals surface area contributed by atoms with Gasteiger partial charge in [-0.25, -0.2) is 4.79 Å². The number of thioether (sulfide) groups is 1. The molecule has 0 aromatic carbocycles. The van der Waals surface area contributed by atoms with Crippen LogP contribution < -0.4 is 5.32 Å². The molecule has 1 heterocycles. The second-order valence-electron chi connectivity index (χ2n) is 3.31. The highest BCUT2D eigenvalue weighted by Gasteiger charge is 2.14. The van der Waals surface area contributed by atoms with Crippen molar-refractivity contribution in [2.24, 2.45) is 0 Å². The van der Waals surface area contributed by atoms with Crippen LogP contribution in [-0.4, -0.2) is 31.1 Å². The average molecular weight is 255 g/mol. The lowest BCUT2D eigenvalue weighted by atomic mass is 10.2. The highest BCUT2D eigenvalue weighted by atomic mass is 32.2. The molecule has 0 atom stereocenters. The first kappa shape index (κ1) is 13.9. The summed E-state index contributed by atoms with van der Waals surface area (Å²) >= 11 is 1.81. The molecule has 5 heteroatoms. The Kier molecular flexibility index (Phi) is 6.50. The van der Waals surface area contributed by atoms with E-state index in [0.29, 0.717) is 6.54 Å². The van der Waals surface area contributed by atoms with Crippen molar-refractivity contribution in [1.29, 1.82) is 0 Å². The predicted molar refractivity (Wildman–Crippen MR) is 69.3 cm³/mol. The van der Waals surface area contributed by atoms with Gasteiger partial charge < -0.3 is 14.5 Å². The maximum atomic E-state index is 11.3. The van der Waals surface area contributed by atoms with Crippen LogP contribution in [0.2, 0.25) is 0 Å². The quantitative estimate of drug-likeness (QED) is 0.438. The molecule has 0 fully saturated rings. The van der Waals surface area contributed by atoms with Gasteiger partial charge in [-0.3, -0.25) is 0 Å². The Labute approximate surface area is 105 Å². The topological polar surface area (TPSA) is 51.5 Å². The molecular formula is C12H17NO3S. The van der Waals surface area contributed by atoms with Crippen molar-refractivity contribution in [3.05, 3.63) is 36.3 Å². The predicted octanol–water partition coefficient (Wildman–Crippen LogP) is 2.08. The van der Waals surface area contributed by atoms with E-state index >= 15 is 0 Å². The summed E-state index contributed by atoms with van der Waals surface area (Å²) in [4.78, 5) is 11.3. The van der Waals surface area contributed by atoms with Crippen LogP contribution in [0.3, 0.4) is 0 Å². The number of nitrogens with one attached hydrogen (secondary N) is 1. The molecule has 0 aliphatic rings. The maximum absolute atomic E-state index is 11.3. The van der Waals surface area contributed by atoms with E-state index in [0.717, 1.165) is 23.6 Å². The van der Waals surface area contributed by atoms with E-state index in [4.69, 9.17) is 4.42 Å². The molecule has 0 radical (unpaired) electrons. The van der Waals surface area contributed by atoms with Gasteiger partial charge in [-0.1, -0.05) is 6.08 Å². The van der Waals surface area contributed by atoms with Crippen molar-refractivity contribution in [2.45, 2.75) is 6.54 Å². The Bertz CT molecular complexity index is 362. The molecule has 0 saturated carbocycles. The lowest BCUT2D eigenvalue weighted by Gasteiger charge is -2.03. The number of ether oxygens (including phenoxy) is 1. The molecule has 0 unspecified atom stereocenters. The van der Waals surface area contributed by atoms with Crippen LogP contribution in [0, 0.1) is 0 Å². The van der Waals surface area contributed by atoms with E-state index in [1.165, 1.54) is 13.4 Å². The Morgan fingerprint density at radius 2 is 2.53 bits per heavy atom. The van der Waals surface area contributed by atoms with Gasteiger partial charge in [-0.15, -0.1) is 6.58 Å². The molecule has 1 N–H and O–H groups in total. The van der Waals surface area contributed by atoms with Crippen LogP contribution >= 0.6 is 11.8 Å². The summed E-state index contributed by atoms with van der Waals surface area (Å²) in [5.74, 6) is 1.81. The molecule has 17 heavy (non-hydrogen) atoms. The number of methoxy groups -OCH3 is 1. The third-order valence-corrected chi connectivity index (χ3v) is 3.06. The number of carbonyl (C=O) groups excluding carboxylic acids is 1. The number of rotatable bonds is 8. The van der Waals surface area contributed by atoms with E-state index in [2.05, 4.69) is 16.6 Å². The monoisotopic (exact) mass is 255 g/mol. The summed E-state index contributed by atoms with van der Waals surface area (Å²) in [6.45, 7) is 5.14. The van der Waals surface area contributed by atoms with Gasteiger partial charge in [-0.05, 0) is 6.07 Å². The summed E-state index contributed by atoms with van der Waals surface area (Å²) in [7, 11) is 1.34. The number of hydrogen-bond donors (Lipinski definition) is 1. The number of hydrogen-bond acceptors (Lipinski definition) is 5. The fourth-order valence-electron chi connectivity index (χ4n) is 1.28. The van der Waals surface area contributed by atoms with Gasteiger partial charge in [0.25, 0.3) is 0 Å². The number of carbonyl (C=O) groups is 1. The number of furan rings is 1. The van der Waals surface area contributed by atoms with Crippen molar-refractivity contribution < 1.29 is 13.9 Å².